The molecule has 0 aliphatic heterocycles. The van der Waals surface area contributed by atoms with Gasteiger partial charge < -0.3 is 4.74 Å². The summed E-state index contributed by atoms with van der Waals surface area (Å²) in [5.74, 6) is 3.27. The lowest BCUT2D eigenvalue weighted by Gasteiger charge is -2.28. The van der Waals surface area contributed by atoms with Crippen LogP contribution in [0.3, 0.4) is 0 Å². The maximum atomic E-state index is 13.1. The van der Waals surface area contributed by atoms with Crippen LogP contribution in [0.4, 0.5) is 0 Å². The van der Waals surface area contributed by atoms with E-state index in [9.17, 15) is 8.42 Å². The van der Waals surface area contributed by atoms with Gasteiger partial charge in [0.25, 0.3) is 0 Å². The van der Waals surface area contributed by atoms with Crippen LogP contribution in [0.2, 0.25) is 0 Å². The molecule has 0 heterocycles. The summed E-state index contributed by atoms with van der Waals surface area (Å²) in [6, 6.07) is 14.3. The van der Waals surface area contributed by atoms with Crippen LogP contribution in [-0.2, 0) is 16.4 Å². The standard InChI is InChI=1S/C20H22INO3S/c1-4-13-22(26(23,24)20-11-5-16(2)6-12-20)18(15-21)14-17-7-9-19(25-3)10-8-17/h1,5-12,18H,13-15H2,2-3H3/t18-/m1/s1. The molecule has 2 rings (SSSR count). The summed E-state index contributed by atoms with van der Waals surface area (Å²) in [4.78, 5) is 0.267. The highest BCUT2D eigenvalue weighted by molar-refractivity contribution is 14.1. The van der Waals surface area contributed by atoms with Crippen LogP contribution in [0.5, 0.6) is 5.75 Å². The van der Waals surface area contributed by atoms with Crippen molar-refractivity contribution in [2.45, 2.75) is 24.3 Å². The average Bonchev–Trinajstić information content (AvgIpc) is 2.65. The van der Waals surface area contributed by atoms with E-state index in [0.29, 0.717) is 10.8 Å². The number of terminal acetylenes is 1. The van der Waals surface area contributed by atoms with E-state index in [-0.39, 0.29) is 17.5 Å². The van der Waals surface area contributed by atoms with Gasteiger partial charge in [-0.1, -0.05) is 58.3 Å². The molecule has 0 fully saturated rings. The van der Waals surface area contributed by atoms with Crippen LogP contribution in [0, 0.1) is 19.3 Å². The molecule has 0 saturated carbocycles. The fraction of sp³-hybridized carbons (Fsp3) is 0.300. The molecular formula is C20H22INO3S. The SMILES string of the molecule is C#CCN([C@@H](CI)Cc1ccc(OC)cc1)S(=O)(=O)c1ccc(C)cc1. The topological polar surface area (TPSA) is 46.6 Å². The number of benzene rings is 2. The molecule has 2 aromatic carbocycles. The third-order valence-electron chi connectivity index (χ3n) is 4.09. The Labute approximate surface area is 169 Å². The second-order valence-electron chi connectivity index (χ2n) is 5.93. The third kappa shape index (κ3) is 5.00. The number of halogens is 1. The highest BCUT2D eigenvalue weighted by atomic mass is 127. The molecule has 6 heteroatoms. The molecule has 0 bridgehead atoms. The molecule has 0 aromatic heterocycles. The minimum Gasteiger partial charge on any atom is -0.497 e. The number of aryl methyl sites for hydroxylation is 1. The van der Waals surface area contributed by atoms with Gasteiger partial charge in [0.1, 0.15) is 5.75 Å². The number of rotatable bonds is 8. The molecule has 0 saturated heterocycles. The van der Waals surface area contributed by atoms with Crippen LogP contribution in [0.25, 0.3) is 0 Å². The Morgan fingerprint density at radius 2 is 1.77 bits per heavy atom. The molecule has 0 radical (unpaired) electrons. The Bertz CT molecular complexity index is 855. The quantitative estimate of drug-likeness (QED) is 0.327. The Morgan fingerprint density at radius 3 is 2.27 bits per heavy atom. The molecule has 138 valence electrons. The molecule has 26 heavy (non-hydrogen) atoms. The zero-order chi connectivity index (χ0) is 19.2. The Morgan fingerprint density at radius 1 is 1.15 bits per heavy atom. The van der Waals surface area contributed by atoms with E-state index in [1.807, 2.05) is 31.2 Å². The Hall–Kier alpha value is -1.56. The number of methoxy groups -OCH3 is 1. The van der Waals surface area contributed by atoms with E-state index < -0.39 is 10.0 Å². The first-order valence-electron chi connectivity index (χ1n) is 8.13. The number of hydrogen-bond acceptors (Lipinski definition) is 3. The van der Waals surface area contributed by atoms with E-state index in [1.54, 1.807) is 31.4 Å². The van der Waals surface area contributed by atoms with E-state index in [1.165, 1.54) is 4.31 Å². The average molecular weight is 483 g/mol. The van der Waals surface area contributed by atoms with Crippen LogP contribution in [0.15, 0.2) is 53.4 Å². The molecule has 0 spiro atoms. The smallest absolute Gasteiger partial charge is 0.244 e. The van der Waals surface area contributed by atoms with E-state index in [2.05, 4.69) is 28.5 Å². The first-order valence-corrected chi connectivity index (χ1v) is 11.1. The van der Waals surface area contributed by atoms with Gasteiger partial charge in [0.2, 0.25) is 10.0 Å². The van der Waals surface area contributed by atoms with Gasteiger partial charge in [0.05, 0.1) is 18.6 Å². The third-order valence-corrected chi connectivity index (χ3v) is 7.02. The Balaban J connectivity index is 2.32. The van der Waals surface area contributed by atoms with Gasteiger partial charge in [-0.2, -0.15) is 4.31 Å². The van der Waals surface area contributed by atoms with Gasteiger partial charge >= 0.3 is 0 Å². The fourth-order valence-electron chi connectivity index (χ4n) is 2.61. The highest BCUT2D eigenvalue weighted by Crippen LogP contribution is 2.23. The number of ether oxygens (including phenoxy) is 1. The number of nitrogens with zero attached hydrogens (tertiary/aromatic N) is 1. The fourth-order valence-corrected chi connectivity index (χ4v) is 5.20. The van der Waals surface area contributed by atoms with Crippen molar-refractivity contribution in [3.05, 3.63) is 59.7 Å². The predicted molar refractivity (Wildman–Crippen MR) is 113 cm³/mol. The largest absolute Gasteiger partial charge is 0.497 e. The molecule has 1 atom stereocenters. The summed E-state index contributed by atoms with van der Waals surface area (Å²) in [5, 5.41) is 0. The normalized spacial score (nSPS) is 12.6. The molecule has 0 amide bonds. The van der Waals surface area contributed by atoms with E-state index >= 15 is 0 Å². The first kappa shape index (κ1) is 20.7. The van der Waals surface area contributed by atoms with Crippen molar-refractivity contribution in [2.24, 2.45) is 0 Å². The zero-order valence-electron chi connectivity index (χ0n) is 14.9. The highest BCUT2D eigenvalue weighted by Gasteiger charge is 2.30. The van der Waals surface area contributed by atoms with Gasteiger partial charge in [-0.15, -0.1) is 6.42 Å². The molecule has 4 nitrogen and oxygen atoms in total. The van der Waals surface area contributed by atoms with Crippen molar-refractivity contribution in [2.75, 3.05) is 18.1 Å². The van der Waals surface area contributed by atoms with E-state index in [4.69, 9.17) is 11.2 Å². The van der Waals surface area contributed by atoms with Crippen LogP contribution < -0.4 is 4.74 Å². The van der Waals surface area contributed by atoms with Crippen LogP contribution >= 0.6 is 22.6 Å². The number of hydrogen-bond donors (Lipinski definition) is 0. The predicted octanol–water partition coefficient (Wildman–Crippen LogP) is 3.67. The first-order chi connectivity index (χ1) is 12.4. The van der Waals surface area contributed by atoms with E-state index in [0.717, 1.165) is 16.9 Å². The Kier molecular flexibility index (Phi) is 7.50. The van der Waals surface area contributed by atoms with Crippen molar-refractivity contribution >= 4 is 32.6 Å². The second-order valence-corrected chi connectivity index (χ2v) is 8.70. The summed E-state index contributed by atoms with van der Waals surface area (Å²) in [6.45, 7) is 1.97. The molecule has 0 unspecified atom stereocenters. The summed E-state index contributed by atoms with van der Waals surface area (Å²) in [6.07, 6.45) is 6.06. The van der Waals surface area contributed by atoms with Crippen molar-refractivity contribution in [3.8, 4) is 18.1 Å². The maximum absolute atomic E-state index is 13.1. The minimum absolute atomic E-state index is 0.0417. The van der Waals surface area contributed by atoms with Gasteiger partial charge in [0, 0.05) is 10.5 Å². The minimum atomic E-state index is -3.66. The van der Waals surface area contributed by atoms with Crippen LogP contribution in [-0.4, -0.2) is 36.8 Å². The second kappa shape index (κ2) is 9.40. The summed E-state index contributed by atoms with van der Waals surface area (Å²) >= 11 is 2.21. The van der Waals surface area contributed by atoms with Gasteiger partial charge in [0.15, 0.2) is 0 Å². The lowest BCUT2D eigenvalue weighted by Crippen LogP contribution is -2.42. The van der Waals surface area contributed by atoms with Crippen molar-refractivity contribution in [3.63, 3.8) is 0 Å². The van der Waals surface area contributed by atoms with Gasteiger partial charge in [-0.3, -0.25) is 0 Å². The summed E-state index contributed by atoms with van der Waals surface area (Å²) in [7, 11) is -2.05. The molecule has 0 aliphatic rings. The summed E-state index contributed by atoms with van der Waals surface area (Å²) < 4.78 is 33.5. The van der Waals surface area contributed by atoms with Crippen molar-refractivity contribution in [1.82, 2.24) is 4.31 Å². The van der Waals surface area contributed by atoms with Gasteiger partial charge in [-0.05, 0) is 43.2 Å². The van der Waals surface area contributed by atoms with Crippen molar-refractivity contribution in [1.29, 1.82) is 0 Å². The van der Waals surface area contributed by atoms with Crippen LogP contribution in [0.1, 0.15) is 11.1 Å². The molecule has 0 aliphatic carbocycles. The maximum Gasteiger partial charge on any atom is 0.244 e. The van der Waals surface area contributed by atoms with Gasteiger partial charge in [-0.25, -0.2) is 8.42 Å². The number of alkyl halides is 1. The zero-order valence-corrected chi connectivity index (χ0v) is 17.8. The molecule has 2 aromatic rings. The molecular weight excluding hydrogens is 461 g/mol. The number of sulfonamides is 1. The molecule has 0 N–H and O–H groups in total. The summed E-state index contributed by atoms with van der Waals surface area (Å²) in [5.41, 5.74) is 2.05. The lowest BCUT2D eigenvalue weighted by molar-refractivity contribution is 0.372. The monoisotopic (exact) mass is 483 g/mol. The lowest BCUT2D eigenvalue weighted by atomic mass is 10.1. The van der Waals surface area contributed by atoms with Crippen molar-refractivity contribution < 1.29 is 13.2 Å².